The van der Waals surface area contributed by atoms with Gasteiger partial charge < -0.3 is 5.32 Å². The molecule has 0 atom stereocenters. The Bertz CT molecular complexity index is 350. The van der Waals surface area contributed by atoms with Gasteiger partial charge in [-0.3, -0.25) is 9.58 Å². The summed E-state index contributed by atoms with van der Waals surface area (Å²) in [7, 11) is 2.07. The highest BCUT2D eigenvalue weighted by Gasteiger charge is 2.28. The van der Waals surface area contributed by atoms with E-state index in [-0.39, 0.29) is 0 Å². The SMILES string of the molecule is CCn1nccc1CN1CCC(C)(NC)CC1. The van der Waals surface area contributed by atoms with E-state index in [2.05, 4.69) is 47.0 Å². The van der Waals surface area contributed by atoms with E-state index in [4.69, 9.17) is 0 Å². The van der Waals surface area contributed by atoms with Gasteiger partial charge in [-0.2, -0.15) is 5.10 Å². The fraction of sp³-hybridized carbons (Fsp3) is 0.769. The van der Waals surface area contributed by atoms with Crippen molar-refractivity contribution in [2.75, 3.05) is 20.1 Å². The second-order valence-corrected chi connectivity index (χ2v) is 5.23. The number of rotatable bonds is 4. The molecule has 4 heteroatoms. The molecule has 0 bridgehead atoms. The Labute approximate surface area is 104 Å². The van der Waals surface area contributed by atoms with Gasteiger partial charge in [-0.05, 0) is 39.8 Å². The molecule has 1 aliphatic rings. The molecule has 4 nitrogen and oxygen atoms in total. The van der Waals surface area contributed by atoms with E-state index in [9.17, 15) is 0 Å². The van der Waals surface area contributed by atoms with Crippen molar-refractivity contribution in [3.63, 3.8) is 0 Å². The average molecular weight is 236 g/mol. The third-order valence-electron chi connectivity index (χ3n) is 4.05. The van der Waals surface area contributed by atoms with Gasteiger partial charge in [0.25, 0.3) is 0 Å². The van der Waals surface area contributed by atoms with Crippen LogP contribution in [0.2, 0.25) is 0 Å². The summed E-state index contributed by atoms with van der Waals surface area (Å²) in [5.74, 6) is 0. The van der Waals surface area contributed by atoms with Crippen LogP contribution in [0.3, 0.4) is 0 Å². The molecule has 0 aromatic carbocycles. The molecule has 1 N–H and O–H groups in total. The summed E-state index contributed by atoms with van der Waals surface area (Å²) in [6.07, 6.45) is 4.36. The summed E-state index contributed by atoms with van der Waals surface area (Å²) in [6.45, 7) is 8.81. The van der Waals surface area contributed by atoms with E-state index in [1.165, 1.54) is 31.6 Å². The molecule has 0 spiro atoms. The van der Waals surface area contributed by atoms with Gasteiger partial charge in [0.1, 0.15) is 0 Å². The van der Waals surface area contributed by atoms with Crippen LogP contribution in [0.1, 0.15) is 32.4 Å². The maximum absolute atomic E-state index is 4.32. The van der Waals surface area contributed by atoms with Crippen LogP contribution in [0, 0.1) is 0 Å². The van der Waals surface area contributed by atoms with Crippen LogP contribution >= 0.6 is 0 Å². The van der Waals surface area contributed by atoms with Gasteiger partial charge in [0, 0.05) is 37.9 Å². The summed E-state index contributed by atoms with van der Waals surface area (Å²) in [5.41, 5.74) is 1.67. The van der Waals surface area contributed by atoms with Gasteiger partial charge in [-0.1, -0.05) is 0 Å². The van der Waals surface area contributed by atoms with Crippen LogP contribution in [0.15, 0.2) is 12.3 Å². The highest BCUT2D eigenvalue weighted by atomic mass is 15.3. The largest absolute Gasteiger partial charge is 0.314 e. The number of nitrogens with one attached hydrogen (secondary N) is 1. The lowest BCUT2D eigenvalue weighted by Crippen LogP contribution is -2.49. The maximum atomic E-state index is 4.32. The number of likely N-dealkylation sites (tertiary alicyclic amines) is 1. The van der Waals surface area contributed by atoms with Crippen molar-refractivity contribution < 1.29 is 0 Å². The molecule has 2 rings (SSSR count). The van der Waals surface area contributed by atoms with Crippen LogP contribution in [0.4, 0.5) is 0 Å². The van der Waals surface area contributed by atoms with E-state index in [1.54, 1.807) is 0 Å². The second-order valence-electron chi connectivity index (χ2n) is 5.23. The van der Waals surface area contributed by atoms with E-state index in [0.29, 0.717) is 5.54 Å². The first kappa shape index (κ1) is 12.6. The quantitative estimate of drug-likeness (QED) is 0.859. The number of piperidine rings is 1. The van der Waals surface area contributed by atoms with Crippen LogP contribution in [0.5, 0.6) is 0 Å². The minimum atomic E-state index is 0.335. The summed E-state index contributed by atoms with van der Waals surface area (Å²) in [5, 5.41) is 7.76. The van der Waals surface area contributed by atoms with Gasteiger partial charge >= 0.3 is 0 Å². The molecule has 0 saturated carbocycles. The van der Waals surface area contributed by atoms with E-state index in [0.717, 1.165) is 13.1 Å². The molecule has 1 aliphatic heterocycles. The van der Waals surface area contributed by atoms with E-state index in [1.807, 2.05) is 6.20 Å². The fourth-order valence-electron chi connectivity index (χ4n) is 2.46. The van der Waals surface area contributed by atoms with Crippen molar-refractivity contribution >= 4 is 0 Å². The Kier molecular flexibility index (Phi) is 3.84. The molecule has 2 heterocycles. The molecule has 0 aliphatic carbocycles. The van der Waals surface area contributed by atoms with Crippen molar-refractivity contribution in [1.82, 2.24) is 20.0 Å². The molecular formula is C13H24N4. The minimum absolute atomic E-state index is 0.335. The lowest BCUT2D eigenvalue weighted by atomic mass is 9.90. The van der Waals surface area contributed by atoms with Crippen LogP contribution < -0.4 is 5.32 Å². The van der Waals surface area contributed by atoms with Crippen LogP contribution in [-0.4, -0.2) is 40.4 Å². The molecule has 0 unspecified atom stereocenters. The molecule has 17 heavy (non-hydrogen) atoms. The summed E-state index contributed by atoms with van der Waals surface area (Å²) < 4.78 is 2.09. The van der Waals surface area contributed by atoms with Gasteiger partial charge in [0.2, 0.25) is 0 Å². The fourth-order valence-corrected chi connectivity index (χ4v) is 2.46. The first-order chi connectivity index (χ1) is 8.17. The van der Waals surface area contributed by atoms with Crippen LogP contribution in [-0.2, 0) is 13.1 Å². The summed E-state index contributed by atoms with van der Waals surface area (Å²) in [4.78, 5) is 2.53. The van der Waals surface area contributed by atoms with Crippen molar-refractivity contribution in [3.8, 4) is 0 Å². The second kappa shape index (κ2) is 5.19. The molecule has 1 aromatic rings. The lowest BCUT2D eigenvalue weighted by Gasteiger charge is -2.39. The smallest absolute Gasteiger partial charge is 0.0524 e. The maximum Gasteiger partial charge on any atom is 0.0524 e. The monoisotopic (exact) mass is 236 g/mol. The average Bonchev–Trinajstić information content (AvgIpc) is 2.80. The molecular weight excluding hydrogens is 212 g/mol. The van der Waals surface area contributed by atoms with Gasteiger partial charge in [0.05, 0.1) is 5.69 Å². The Balaban J connectivity index is 1.90. The lowest BCUT2D eigenvalue weighted by molar-refractivity contribution is 0.143. The number of hydrogen-bond donors (Lipinski definition) is 1. The summed E-state index contributed by atoms with van der Waals surface area (Å²) >= 11 is 0. The van der Waals surface area contributed by atoms with Crippen molar-refractivity contribution in [2.45, 2.75) is 45.3 Å². The molecule has 0 radical (unpaired) electrons. The van der Waals surface area contributed by atoms with Gasteiger partial charge in [-0.15, -0.1) is 0 Å². The zero-order valence-electron chi connectivity index (χ0n) is 11.2. The third-order valence-corrected chi connectivity index (χ3v) is 4.05. The zero-order valence-corrected chi connectivity index (χ0v) is 11.2. The number of hydrogen-bond acceptors (Lipinski definition) is 3. The van der Waals surface area contributed by atoms with Crippen LogP contribution in [0.25, 0.3) is 0 Å². The Morgan fingerprint density at radius 2 is 2.12 bits per heavy atom. The topological polar surface area (TPSA) is 33.1 Å². The summed E-state index contributed by atoms with van der Waals surface area (Å²) in [6, 6.07) is 2.13. The van der Waals surface area contributed by atoms with Crippen molar-refractivity contribution in [2.24, 2.45) is 0 Å². The normalized spacial score (nSPS) is 20.6. The molecule has 96 valence electrons. The highest BCUT2D eigenvalue weighted by Crippen LogP contribution is 2.22. The standard InChI is InChI=1S/C13H24N4/c1-4-17-12(5-8-15-17)11-16-9-6-13(2,14-3)7-10-16/h5,8,14H,4,6-7,9-11H2,1-3H3. The number of aromatic nitrogens is 2. The van der Waals surface area contributed by atoms with E-state index >= 15 is 0 Å². The highest BCUT2D eigenvalue weighted by molar-refractivity contribution is 5.01. The Hall–Kier alpha value is -0.870. The van der Waals surface area contributed by atoms with Gasteiger partial charge in [0.15, 0.2) is 0 Å². The molecule has 0 amide bonds. The number of nitrogens with zero attached hydrogens (tertiary/aromatic N) is 3. The number of aryl methyl sites for hydroxylation is 1. The van der Waals surface area contributed by atoms with Gasteiger partial charge in [-0.25, -0.2) is 0 Å². The first-order valence-corrected chi connectivity index (χ1v) is 6.59. The van der Waals surface area contributed by atoms with Crippen molar-refractivity contribution in [3.05, 3.63) is 18.0 Å². The predicted octanol–water partition coefficient (Wildman–Crippen LogP) is 1.48. The zero-order chi connectivity index (χ0) is 12.3. The third kappa shape index (κ3) is 2.87. The molecule has 1 aromatic heterocycles. The van der Waals surface area contributed by atoms with E-state index < -0.39 is 0 Å². The minimum Gasteiger partial charge on any atom is -0.314 e. The van der Waals surface area contributed by atoms with Crippen molar-refractivity contribution in [1.29, 1.82) is 0 Å². The first-order valence-electron chi connectivity index (χ1n) is 6.59. The Morgan fingerprint density at radius 1 is 1.41 bits per heavy atom. The predicted molar refractivity (Wildman–Crippen MR) is 69.9 cm³/mol. The molecule has 1 fully saturated rings. The molecule has 1 saturated heterocycles. The Morgan fingerprint density at radius 3 is 2.71 bits per heavy atom.